The van der Waals surface area contributed by atoms with E-state index in [4.69, 9.17) is 4.74 Å². The zero-order chi connectivity index (χ0) is 17.6. The number of nitrogens with zero attached hydrogens (tertiary/aromatic N) is 2. The van der Waals surface area contributed by atoms with E-state index in [9.17, 15) is 0 Å². The van der Waals surface area contributed by atoms with Gasteiger partial charge in [0, 0.05) is 50.7 Å². The standard InChI is InChI=1S/C22H25N3O/c1-2-20-16-21(7-8-22(20)24-10-1)26-15-9-18-3-5-19(6-4-18)17-25-13-11-23-12-14-25/h1-8,10,16,23H,9,11-15,17H2. The minimum atomic E-state index is 0.683. The second-order valence-electron chi connectivity index (χ2n) is 6.80. The van der Waals surface area contributed by atoms with Crippen LogP contribution < -0.4 is 10.1 Å². The van der Waals surface area contributed by atoms with Crippen LogP contribution in [-0.4, -0.2) is 42.7 Å². The van der Waals surface area contributed by atoms with E-state index >= 15 is 0 Å². The number of hydrogen-bond acceptors (Lipinski definition) is 4. The number of nitrogens with one attached hydrogen (secondary N) is 1. The third-order valence-electron chi connectivity index (χ3n) is 4.87. The summed E-state index contributed by atoms with van der Waals surface area (Å²) in [6, 6.07) is 19.0. The summed E-state index contributed by atoms with van der Waals surface area (Å²) in [6.07, 6.45) is 2.73. The maximum atomic E-state index is 5.93. The predicted molar refractivity (Wildman–Crippen MR) is 106 cm³/mol. The van der Waals surface area contributed by atoms with Crippen LogP contribution in [0.15, 0.2) is 60.8 Å². The number of fused-ring (bicyclic) bond motifs is 1. The molecule has 2 heterocycles. The number of aromatic nitrogens is 1. The fourth-order valence-electron chi connectivity index (χ4n) is 3.37. The van der Waals surface area contributed by atoms with Crippen LogP contribution in [-0.2, 0) is 13.0 Å². The van der Waals surface area contributed by atoms with Gasteiger partial charge in [0.15, 0.2) is 0 Å². The summed E-state index contributed by atoms with van der Waals surface area (Å²) in [5.74, 6) is 0.904. The molecule has 1 N–H and O–H groups in total. The number of benzene rings is 2. The van der Waals surface area contributed by atoms with E-state index in [1.165, 1.54) is 11.1 Å². The molecule has 3 aromatic rings. The second-order valence-corrected chi connectivity index (χ2v) is 6.80. The Morgan fingerprint density at radius 3 is 2.62 bits per heavy atom. The van der Waals surface area contributed by atoms with Crippen molar-refractivity contribution in [3.63, 3.8) is 0 Å². The van der Waals surface area contributed by atoms with Gasteiger partial charge in [-0.2, -0.15) is 0 Å². The Hall–Kier alpha value is -2.43. The van der Waals surface area contributed by atoms with E-state index < -0.39 is 0 Å². The first kappa shape index (κ1) is 17.0. The molecule has 26 heavy (non-hydrogen) atoms. The maximum absolute atomic E-state index is 5.93. The first-order valence-corrected chi connectivity index (χ1v) is 9.35. The monoisotopic (exact) mass is 347 g/mol. The van der Waals surface area contributed by atoms with E-state index in [2.05, 4.69) is 51.6 Å². The number of ether oxygens (including phenoxy) is 1. The molecule has 0 amide bonds. The molecule has 0 unspecified atom stereocenters. The van der Waals surface area contributed by atoms with Gasteiger partial charge in [0.25, 0.3) is 0 Å². The molecule has 1 aliphatic rings. The van der Waals surface area contributed by atoms with Crippen LogP contribution >= 0.6 is 0 Å². The summed E-state index contributed by atoms with van der Waals surface area (Å²) in [4.78, 5) is 6.84. The van der Waals surface area contributed by atoms with E-state index in [1.54, 1.807) is 0 Å². The molecule has 4 heteroatoms. The number of pyridine rings is 1. The SMILES string of the molecule is c1cnc2ccc(OCCc3ccc(CN4CCNCC4)cc3)cc2c1. The molecule has 1 fully saturated rings. The van der Waals surface area contributed by atoms with Crippen LogP contribution in [0.5, 0.6) is 5.75 Å². The van der Waals surface area contributed by atoms with Gasteiger partial charge in [-0.15, -0.1) is 0 Å². The van der Waals surface area contributed by atoms with Crippen LogP contribution in [0.25, 0.3) is 10.9 Å². The molecule has 0 aliphatic carbocycles. The molecule has 4 nitrogen and oxygen atoms in total. The highest BCUT2D eigenvalue weighted by atomic mass is 16.5. The zero-order valence-corrected chi connectivity index (χ0v) is 15.0. The molecule has 1 aromatic heterocycles. The number of hydrogen-bond donors (Lipinski definition) is 1. The third kappa shape index (κ3) is 4.40. The lowest BCUT2D eigenvalue weighted by Gasteiger charge is -2.27. The van der Waals surface area contributed by atoms with E-state index in [0.717, 1.165) is 55.8 Å². The Morgan fingerprint density at radius 2 is 1.77 bits per heavy atom. The Kier molecular flexibility index (Phi) is 5.43. The fourth-order valence-corrected chi connectivity index (χ4v) is 3.37. The summed E-state index contributed by atoms with van der Waals surface area (Å²) >= 11 is 0. The van der Waals surface area contributed by atoms with Crippen LogP contribution in [0.4, 0.5) is 0 Å². The summed E-state index contributed by atoms with van der Waals surface area (Å²) in [7, 11) is 0. The molecule has 0 spiro atoms. The molecular weight excluding hydrogens is 322 g/mol. The largest absolute Gasteiger partial charge is 0.493 e. The lowest BCUT2D eigenvalue weighted by atomic mass is 10.1. The quantitative estimate of drug-likeness (QED) is 0.743. The maximum Gasteiger partial charge on any atom is 0.120 e. The van der Waals surface area contributed by atoms with Crippen molar-refractivity contribution in [1.82, 2.24) is 15.2 Å². The summed E-state index contributed by atoms with van der Waals surface area (Å²) in [5.41, 5.74) is 3.70. The highest BCUT2D eigenvalue weighted by Crippen LogP contribution is 2.19. The van der Waals surface area contributed by atoms with Crippen LogP contribution in [0, 0.1) is 0 Å². The molecule has 1 aliphatic heterocycles. The van der Waals surface area contributed by atoms with Gasteiger partial charge in [-0.1, -0.05) is 30.3 Å². The van der Waals surface area contributed by atoms with Gasteiger partial charge in [0.1, 0.15) is 5.75 Å². The molecule has 2 aromatic carbocycles. The van der Waals surface area contributed by atoms with Crippen molar-refractivity contribution >= 4 is 10.9 Å². The van der Waals surface area contributed by atoms with Crippen molar-refractivity contribution in [3.05, 3.63) is 71.9 Å². The molecule has 4 rings (SSSR count). The Morgan fingerprint density at radius 1 is 0.962 bits per heavy atom. The van der Waals surface area contributed by atoms with Crippen molar-refractivity contribution in [1.29, 1.82) is 0 Å². The van der Waals surface area contributed by atoms with E-state index in [1.807, 2.05) is 24.4 Å². The third-order valence-corrected chi connectivity index (χ3v) is 4.87. The molecule has 134 valence electrons. The van der Waals surface area contributed by atoms with Gasteiger partial charge in [0.05, 0.1) is 12.1 Å². The van der Waals surface area contributed by atoms with Crippen LogP contribution in [0.3, 0.4) is 0 Å². The highest BCUT2D eigenvalue weighted by molar-refractivity contribution is 5.79. The van der Waals surface area contributed by atoms with Gasteiger partial charge in [-0.05, 0) is 35.4 Å². The first-order valence-electron chi connectivity index (χ1n) is 9.35. The zero-order valence-electron chi connectivity index (χ0n) is 15.0. The van der Waals surface area contributed by atoms with Crippen LogP contribution in [0.1, 0.15) is 11.1 Å². The van der Waals surface area contributed by atoms with Gasteiger partial charge in [0.2, 0.25) is 0 Å². The molecule has 0 radical (unpaired) electrons. The van der Waals surface area contributed by atoms with Crippen LogP contribution in [0.2, 0.25) is 0 Å². The van der Waals surface area contributed by atoms with E-state index in [-0.39, 0.29) is 0 Å². The molecule has 0 atom stereocenters. The first-order chi connectivity index (χ1) is 12.9. The molecular formula is C22H25N3O. The molecule has 0 bridgehead atoms. The van der Waals surface area contributed by atoms with Gasteiger partial charge in [-0.25, -0.2) is 0 Å². The van der Waals surface area contributed by atoms with Crippen molar-refractivity contribution in [2.75, 3.05) is 32.8 Å². The van der Waals surface area contributed by atoms with Crippen molar-refractivity contribution < 1.29 is 4.74 Å². The minimum Gasteiger partial charge on any atom is -0.493 e. The minimum absolute atomic E-state index is 0.683. The lowest BCUT2D eigenvalue weighted by molar-refractivity contribution is 0.233. The van der Waals surface area contributed by atoms with E-state index in [0.29, 0.717) is 6.61 Å². The Labute approximate surface area is 154 Å². The average molecular weight is 347 g/mol. The summed E-state index contributed by atoms with van der Waals surface area (Å²) in [5, 5.41) is 4.51. The topological polar surface area (TPSA) is 37.4 Å². The molecule has 1 saturated heterocycles. The van der Waals surface area contributed by atoms with Crippen molar-refractivity contribution in [3.8, 4) is 5.75 Å². The predicted octanol–water partition coefficient (Wildman–Crippen LogP) is 3.26. The van der Waals surface area contributed by atoms with Gasteiger partial charge < -0.3 is 10.1 Å². The Bertz CT molecular complexity index is 841. The average Bonchev–Trinajstić information content (AvgIpc) is 2.70. The van der Waals surface area contributed by atoms with Gasteiger partial charge >= 0.3 is 0 Å². The molecule has 0 saturated carbocycles. The number of rotatable bonds is 6. The van der Waals surface area contributed by atoms with Gasteiger partial charge in [-0.3, -0.25) is 9.88 Å². The fraction of sp³-hybridized carbons (Fsp3) is 0.318. The highest BCUT2D eigenvalue weighted by Gasteiger charge is 2.09. The lowest BCUT2D eigenvalue weighted by Crippen LogP contribution is -2.42. The summed E-state index contributed by atoms with van der Waals surface area (Å²) < 4.78 is 5.93. The number of piperazine rings is 1. The second kappa shape index (κ2) is 8.30. The Balaban J connectivity index is 1.28. The normalized spacial score (nSPS) is 15.2. The van der Waals surface area contributed by atoms with Crippen molar-refractivity contribution in [2.45, 2.75) is 13.0 Å². The smallest absolute Gasteiger partial charge is 0.120 e. The summed E-state index contributed by atoms with van der Waals surface area (Å²) in [6.45, 7) is 6.20. The van der Waals surface area contributed by atoms with Crippen molar-refractivity contribution in [2.24, 2.45) is 0 Å².